The predicted molar refractivity (Wildman–Crippen MR) is 106 cm³/mol. The van der Waals surface area contributed by atoms with Gasteiger partial charge < -0.3 is 20.3 Å². The molecule has 1 saturated heterocycles. The lowest BCUT2D eigenvalue weighted by Crippen LogP contribution is -2.36. The van der Waals surface area contributed by atoms with Crippen molar-refractivity contribution in [2.45, 2.75) is 13.0 Å². The fourth-order valence-electron chi connectivity index (χ4n) is 2.94. The van der Waals surface area contributed by atoms with Gasteiger partial charge in [-0.15, -0.1) is 0 Å². The Morgan fingerprint density at radius 2 is 1.93 bits per heavy atom. The number of hydrogen-bond donors (Lipinski definition) is 2. The van der Waals surface area contributed by atoms with Gasteiger partial charge in [0.1, 0.15) is 5.82 Å². The van der Waals surface area contributed by atoms with E-state index in [1.165, 1.54) is 6.07 Å². The second kappa shape index (κ2) is 8.78. The van der Waals surface area contributed by atoms with Crippen molar-refractivity contribution in [2.75, 3.05) is 36.5 Å². The highest BCUT2D eigenvalue weighted by Gasteiger charge is 2.17. The average molecular weight is 412 g/mol. The number of urea groups is 1. The van der Waals surface area contributed by atoms with E-state index in [0.29, 0.717) is 47.7 Å². The maximum Gasteiger partial charge on any atom is 0.319 e. The summed E-state index contributed by atoms with van der Waals surface area (Å²) < 4.78 is 19.7. The van der Waals surface area contributed by atoms with E-state index in [1.54, 1.807) is 37.3 Å². The van der Waals surface area contributed by atoms with Crippen LogP contribution in [0.3, 0.4) is 0 Å². The van der Waals surface area contributed by atoms with Crippen LogP contribution in [-0.2, 0) is 4.74 Å². The van der Waals surface area contributed by atoms with Crippen LogP contribution in [0.15, 0.2) is 36.4 Å². The standard InChI is InChI=1S/C19H20Cl2FN3O2/c1-12(15-4-2-13(20)10-16(15)21)23-19(26)24-14-3-5-18(17(22)11-14)25-6-8-27-9-7-25/h2-5,10-12H,6-9H2,1H3,(H2,23,24,26). The normalized spacial score (nSPS) is 15.3. The second-order valence-corrected chi connectivity index (χ2v) is 7.10. The van der Waals surface area contributed by atoms with Crippen LogP contribution < -0.4 is 15.5 Å². The Kier molecular flexibility index (Phi) is 6.42. The quantitative estimate of drug-likeness (QED) is 0.755. The predicted octanol–water partition coefficient (Wildman–Crippen LogP) is 4.85. The lowest BCUT2D eigenvalue weighted by Gasteiger charge is -2.29. The number of amides is 2. The molecule has 1 heterocycles. The minimum atomic E-state index is -0.452. The van der Waals surface area contributed by atoms with Crippen LogP contribution >= 0.6 is 23.2 Å². The van der Waals surface area contributed by atoms with Gasteiger partial charge >= 0.3 is 6.03 Å². The molecule has 1 aliphatic rings. The maximum absolute atomic E-state index is 14.4. The highest BCUT2D eigenvalue weighted by atomic mass is 35.5. The van der Waals surface area contributed by atoms with Gasteiger partial charge in [-0.1, -0.05) is 29.3 Å². The van der Waals surface area contributed by atoms with Crippen molar-refractivity contribution in [2.24, 2.45) is 0 Å². The smallest absolute Gasteiger partial charge is 0.319 e. The Labute approximate surface area is 167 Å². The van der Waals surface area contributed by atoms with Crippen molar-refractivity contribution in [1.82, 2.24) is 5.32 Å². The van der Waals surface area contributed by atoms with Crippen LogP contribution in [0.5, 0.6) is 0 Å². The minimum Gasteiger partial charge on any atom is -0.378 e. The van der Waals surface area contributed by atoms with Gasteiger partial charge in [-0.3, -0.25) is 0 Å². The molecule has 2 N–H and O–H groups in total. The van der Waals surface area contributed by atoms with E-state index >= 15 is 0 Å². The van der Waals surface area contributed by atoms with E-state index in [9.17, 15) is 9.18 Å². The fourth-order valence-corrected chi connectivity index (χ4v) is 3.51. The van der Waals surface area contributed by atoms with Gasteiger partial charge in [-0.2, -0.15) is 0 Å². The summed E-state index contributed by atoms with van der Waals surface area (Å²) in [5.41, 5.74) is 1.62. The van der Waals surface area contributed by atoms with Crippen molar-refractivity contribution in [1.29, 1.82) is 0 Å². The molecule has 2 amide bonds. The number of carbonyl (C=O) groups excluding carboxylic acids is 1. The van der Waals surface area contributed by atoms with Crippen LogP contribution in [0.25, 0.3) is 0 Å². The lowest BCUT2D eigenvalue weighted by molar-refractivity contribution is 0.122. The Morgan fingerprint density at radius 1 is 1.19 bits per heavy atom. The summed E-state index contributed by atoms with van der Waals surface area (Å²) in [6.45, 7) is 4.24. The fraction of sp³-hybridized carbons (Fsp3) is 0.316. The van der Waals surface area contributed by atoms with Crippen molar-refractivity contribution in [3.8, 4) is 0 Å². The first-order chi connectivity index (χ1) is 12.9. The molecule has 1 fully saturated rings. The highest BCUT2D eigenvalue weighted by Crippen LogP contribution is 2.27. The van der Waals surface area contributed by atoms with Crippen LogP contribution in [0.4, 0.5) is 20.6 Å². The lowest BCUT2D eigenvalue weighted by atomic mass is 10.1. The summed E-state index contributed by atoms with van der Waals surface area (Å²) in [7, 11) is 0. The van der Waals surface area contributed by atoms with E-state index in [0.717, 1.165) is 5.56 Å². The highest BCUT2D eigenvalue weighted by molar-refractivity contribution is 6.35. The topological polar surface area (TPSA) is 53.6 Å². The molecule has 0 saturated carbocycles. The number of nitrogens with one attached hydrogen (secondary N) is 2. The van der Waals surface area contributed by atoms with Crippen molar-refractivity contribution in [3.05, 3.63) is 57.8 Å². The molecule has 0 aliphatic carbocycles. The summed E-state index contributed by atoms with van der Waals surface area (Å²) in [4.78, 5) is 14.2. The third-order valence-electron chi connectivity index (χ3n) is 4.33. The van der Waals surface area contributed by atoms with Crippen LogP contribution in [0.2, 0.25) is 10.0 Å². The molecule has 144 valence electrons. The average Bonchev–Trinajstić information content (AvgIpc) is 2.62. The van der Waals surface area contributed by atoms with Crippen molar-refractivity contribution >= 4 is 40.6 Å². The molecule has 0 radical (unpaired) electrons. The molecule has 0 aromatic heterocycles. The van der Waals surface area contributed by atoms with E-state index < -0.39 is 6.03 Å². The number of ether oxygens (including phenoxy) is 1. The molecule has 8 heteroatoms. The molecule has 5 nitrogen and oxygen atoms in total. The third kappa shape index (κ3) is 5.03. The Bertz CT molecular complexity index is 829. The van der Waals surface area contributed by atoms with Gasteiger partial charge in [0, 0.05) is 28.8 Å². The molecule has 2 aromatic rings. The molecule has 3 rings (SSSR count). The van der Waals surface area contributed by atoms with Crippen molar-refractivity contribution in [3.63, 3.8) is 0 Å². The van der Waals surface area contributed by atoms with Crippen LogP contribution in [-0.4, -0.2) is 32.3 Å². The third-order valence-corrected chi connectivity index (χ3v) is 4.90. The number of carbonyl (C=O) groups is 1. The number of nitrogens with zero attached hydrogens (tertiary/aromatic N) is 1. The minimum absolute atomic E-state index is 0.341. The molecular formula is C19H20Cl2FN3O2. The number of hydrogen-bond acceptors (Lipinski definition) is 3. The molecule has 1 unspecified atom stereocenters. The molecule has 1 atom stereocenters. The molecular weight excluding hydrogens is 392 g/mol. The first-order valence-electron chi connectivity index (χ1n) is 8.59. The molecule has 2 aromatic carbocycles. The summed E-state index contributed by atoms with van der Waals surface area (Å²) in [5, 5.41) is 6.41. The van der Waals surface area contributed by atoms with E-state index in [-0.39, 0.29) is 11.9 Å². The molecule has 0 bridgehead atoms. The summed E-state index contributed by atoms with van der Waals surface area (Å²) in [6, 6.07) is 8.94. The van der Waals surface area contributed by atoms with Gasteiger partial charge in [-0.25, -0.2) is 9.18 Å². The first-order valence-corrected chi connectivity index (χ1v) is 9.34. The Morgan fingerprint density at radius 3 is 2.59 bits per heavy atom. The first kappa shape index (κ1) is 19.7. The van der Waals surface area contributed by atoms with E-state index in [4.69, 9.17) is 27.9 Å². The zero-order valence-corrected chi connectivity index (χ0v) is 16.3. The molecule has 0 spiro atoms. The van der Waals surface area contributed by atoms with Gasteiger partial charge in [-0.05, 0) is 42.8 Å². The van der Waals surface area contributed by atoms with E-state index in [2.05, 4.69) is 10.6 Å². The van der Waals surface area contributed by atoms with Gasteiger partial charge in [0.15, 0.2) is 0 Å². The SMILES string of the molecule is CC(NC(=O)Nc1ccc(N2CCOCC2)c(F)c1)c1ccc(Cl)cc1Cl. The van der Waals surface area contributed by atoms with Gasteiger partial charge in [0.25, 0.3) is 0 Å². The van der Waals surface area contributed by atoms with E-state index in [1.807, 2.05) is 4.90 Å². The maximum atomic E-state index is 14.4. The monoisotopic (exact) mass is 411 g/mol. The number of rotatable bonds is 4. The largest absolute Gasteiger partial charge is 0.378 e. The number of benzene rings is 2. The van der Waals surface area contributed by atoms with Crippen LogP contribution in [0, 0.1) is 5.82 Å². The van der Waals surface area contributed by atoms with Crippen LogP contribution in [0.1, 0.15) is 18.5 Å². The number of halogens is 3. The summed E-state index contributed by atoms with van der Waals surface area (Å²) in [5.74, 6) is -0.386. The number of anilines is 2. The number of morpholine rings is 1. The molecule has 1 aliphatic heterocycles. The Hall–Kier alpha value is -2.02. The zero-order valence-electron chi connectivity index (χ0n) is 14.8. The van der Waals surface area contributed by atoms with Gasteiger partial charge in [0.05, 0.1) is 24.9 Å². The van der Waals surface area contributed by atoms with Gasteiger partial charge in [0.2, 0.25) is 0 Å². The van der Waals surface area contributed by atoms with Crippen molar-refractivity contribution < 1.29 is 13.9 Å². The summed E-state index contributed by atoms with van der Waals surface area (Å²) >= 11 is 12.0. The zero-order chi connectivity index (χ0) is 19.4. The second-order valence-electron chi connectivity index (χ2n) is 6.25. The molecule has 27 heavy (non-hydrogen) atoms. The Balaban J connectivity index is 1.62. The summed E-state index contributed by atoms with van der Waals surface area (Å²) in [6.07, 6.45) is 0.